The maximum absolute atomic E-state index is 13.1. The molecular formula is C16H13F3N4O2S. The largest absolute Gasteiger partial charge is 0.434 e. The van der Waals surface area contributed by atoms with Crippen LogP contribution < -0.4 is 5.14 Å². The first-order chi connectivity index (χ1) is 12.1. The first-order valence-corrected chi connectivity index (χ1v) is 8.87. The number of primary sulfonamides is 1. The van der Waals surface area contributed by atoms with Crippen molar-refractivity contribution in [2.75, 3.05) is 0 Å². The van der Waals surface area contributed by atoms with Gasteiger partial charge in [0.25, 0.3) is 0 Å². The van der Waals surface area contributed by atoms with Crippen LogP contribution >= 0.6 is 0 Å². The fraction of sp³-hybridized carbons (Fsp3) is 0.125. The van der Waals surface area contributed by atoms with Gasteiger partial charge in [-0.3, -0.25) is 4.98 Å². The number of pyridine rings is 1. The Morgan fingerprint density at radius 2 is 1.77 bits per heavy atom. The summed E-state index contributed by atoms with van der Waals surface area (Å²) in [6.07, 6.45) is -2.17. The van der Waals surface area contributed by atoms with Crippen molar-refractivity contribution in [2.45, 2.75) is 17.6 Å². The van der Waals surface area contributed by atoms with Gasteiger partial charge in [-0.2, -0.15) is 13.2 Å². The molecular weight excluding hydrogens is 369 g/mol. The summed E-state index contributed by atoms with van der Waals surface area (Å²) in [5.74, 6) is 0.0453. The van der Waals surface area contributed by atoms with Crippen LogP contribution in [0.25, 0.3) is 11.4 Å². The third kappa shape index (κ3) is 3.92. The van der Waals surface area contributed by atoms with Crippen LogP contribution in [0.4, 0.5) is 13.2 Å². The predicted molar refractivity (Wildman–Crippen MR) is 87.4 cm³/mol. The number of sulfonamides is 1. The topological polar surface area (TPSA) is 90.9 Å². The number of imidazole rings is 1. The Kier molecular flexibility index (Phi) is 4.55. The van der Waals surface area contributed by atoms with Crippen molar-refractivity contribution in [3.05, 3.63) is 66.2 Å². The van der Waals surface area contributed by atoms with Crippen molar-refractivity contribution in [1.29, 1.82) is 0 Å². The summed E-state index contributed by atoms with van der Waals surface area (Å²) in [4.78, 5) is 7.63. The Hall–Kier alpha value is -2.72. The highest BCUT2D eigenvalue weighted by Gasteiger charge is 2.35. The first-order valence-electron chi connectivity index (χ1n) is 7.32. The highest BCUT2D eigenvalue weighted by Crippen LogP contribution is 2.31. The van der Waals surface area contributed by atoms with Crippen LogP contribution in [0.1, 0.15) is 11.4 Å². The van der Waals surface area contributed by atoms with Gasteiger partial charge in [0.2, 0.25) is 10.0 Å². The van der Waals surface area contributed by atoms with Gasteiger partial charge in [-0.25, -0.2) is 18.5 Å². The maximum atomic E-state index is 13.1. The molecule has 0 saturated heterocycles. The average Bonchev–Trinajstić information content (AvgIpc) is 2.99. The minimum absolute atomic E-state index is 0.0453. The van der Waals surface area contributed by atoms with Crippen LogP contribution in [0.5, 0.6) is 0 Å². The lowest BCUT2D eigenvalue weighted by Crippen LogP contribution is -2.11. The lowest BCUT2D eigenvalue weighted by molar-refractivity contribution is -0.140. The van der Waals surface area contributed by atoms with E-state index in [1.165, 1.54) is 35.0 Å². The van der Waals surface area contributed by atoms with Gasteiger partial charge in [-0.05, 0) is 36.4 Å². The molecule has 3 rings (SSSR count). The second-order valence-electron chi connectivity index (χ2n) is 5.47. The molecule has 0 saturated carbocycles. The molecule has 3 aromatic rings. The van der Waals surface area contributed by atoms with Crippen LogP contribution in [0, 0.1) is 0 Å². The molecule has 2 N–H and O–H groups in total. The number of hydrogen-bond donors (Lipinski definition) is 1. The van der Waals surface area contributed by atoms with Crippen LogP contribution in [-0.4, -0.2) is 23.0 Å². The molecule has 0 fully saturated rings. The fourth-order valence-corrected chi connectivity index (χ4v) is 2.88. The van der Waals surface area contributed by atoms with Gasteiger partial charge >= 0.3 is 6.18 Å². The van der Waals surface area contributed by atoms with Gasteiger partial charge in [-0.15, -0.1) is 0 Å². The standard InChI is InChI=1S/C16H13F3N4O2S/c17-16(18,19)14-10-23(9-12-3-1-2-8-21-12)15(22-14)11-4-6-13(7-5-11)26(20,24)25/h1-8,10H,9H2,(H2,20,24,25). The van der Waals surface area contributed by atoms with Gasteiger partial charge in [0, 0.05) is 18.0 Å². The second-order valence-corrected chi connectivity index (χ2v) is 7.03. The van der Waals surface area contributed by atoms with Gasteiger partial charge in [0.15, 0.2) is 5.69 Å². The Balaban J connectivity index is 2.06. The average molecular weight is 382 g/mol. The van der Waals surface area contributed by atoms with Crippen LogP contribution in [0.15, 0.2) is 59.8 Å². The fourth-order valence-electron chi connectivity index (χ4n) is 2.36. The third-order valence-corrected chi connectivity index (χ3v) is 4.50. The van der Waals surface area contributed by atoms with Gasteiger partial charge < -0.3 is 4.57 Å². The van der Waals surface area contributed by atoms with Crippen molar-refractivity contribution >= 4 is 10.0 Å². The molecule has 2 heterocycles. The minimum Gasteiger partial charge on any atom is -0.324 e. The zero-order valence-electron chi connectivity index (χ0n) is 13.2. The summed E-state index contributed by atoms with van der Waals surface area (Å²) >= 11 is 0. The molecule has 26 heavy (non-hydrogen) atoms. The Labute approximate surface area is 147 Å². The molecule has 6 nitrogen and oxygen atoms in total. The minimum atomic E-state index is -4.61. The van der Waals surface area contributed by atoms with Crippen molar-refractivity contribution < 1.29 is 21.6 Å². The number of benzene rings is 1. The number of aromatic nitrogens is 3. The van der Waals surface area contributed by atoms with Crippen LogP contribution in [-0.2, 0) is 22.7 Å². The summed E-state index contributed by atoms with van der Waals surface area (Å²) in [5, 5.41) is 5.03. The van der Waals surface area contributed by atoms with Gasteiger partial charge in [-0.1, -0.05) is 6.07 Å². The van der Waals surface area contributed by atoms with Crippen molar-refractivity contribution in [3.63, 3.8) is 0 Å². The molecule has 0 aliphatic rings. The Morgan fingerprint density at radius 1 is 1.08 bits per heavy atom. The van der Waals surface area contributed by atoms with E-state index < -0.39 is 21.9 Å². The van der Waals surface area contributed by atoms with E-state index in [0.717, 1.165) is 6.20 Å². The lowest BCUT2D eigenvalue weighted by atomic mass is 10.2. The molecule has 0 amide bonds. The van der Waals surface area contributed by atoms with Crippen LogP contribution in [0.2, 0.25) is 0 Å². The number of nitrogens with zero attached hydrogens (tertiary/aromatic N) is 3. The quantitative estimate of drug-likeness (QED) is 0.751. The summed E-state index contributed by atoms with van der Waals surface area (Å²) in [5.41, 5.74) is -0.163. The highest BCUT2D eigenvalue weighted by atomic mass is 32.2. The lowest BCUT2D eigenvalue weighted by Gasteiger charge is -2.08. The number of rotatable bonds is 4. The summed E-state index contributed by atoms with van der Waals surface area (Å²) < 4.78 is 63.2. The monoisotopic (exact) mass is 382 g/mol. The Morgan fingerprint density at radius 3 is 2.31 bits per heavy atom. The van der Waals surface area contributed by atoms with Gasteiger partial charge in [0.1, 0.15) is 5.82 Å². The van der Waals surface area contributed by atoms with E-state index in [9.17, 15) is 21.6 Å². The third-order valence-electron chi connectivity index (χ3n) is 3.57. The zero-order valence-corrected chi connectivity index (χ0v) is 14.0. The molecule has 0 atom stereocenters. The zero-order chi connectivity index (χ0) is 18.9. The predicted octanol–water partition coefficient (Wildman–Crippen LogP) is 2.66. The number of nitrogens with two attached hydrogens (primary N) is 1. The van der Waals surface area contributed by atoms with Crippen molar-refractivity contribution in [1.82, 2.24) is 14.5 Å². The van der Waals surface area contributed by atoms with Crippen molar-refractivity contribution in [3.8, 4) is 11.4 Å². The smallest absolute Gasteiger partial charge is 0.324 e. The first kappa shape index (κ1) is 18.1. The molecule has 0 unspecified atom stereocenters. The highest BCUT2D eigenvalue weighted by molar-refractivity contribution is 7.89. The van der Waals surface area contributed by atoms with Crippen molar-refractivity contribution in [2.24, 2.45) is 5.14 Å². The van der Waals surface area contributed by atoms with E-state index in [2.05, 4.69) is 9.97 Å². The summed E-state index contributed by atoms with van der Waals surface area (Å²) in [6, 6.07) is 10.3. The van der Waals surface area contributed by atoms with E-state index >= 15 is 0 Å². The summed E-state index contributed by atoms with van der Waals surface area (Å²) in [6.45, 7) is 0.0796. The van der Waals surface area contributed by atoms with E-state index in [1.807, 2.05) is 0 Å². The van der Waals surface area contributed by atoms with Crippen LogP contribution in [0.3, 0.4) is 0 Å². The molecule has 0 aliphatic carbocycles. The molecule has 0 spiro atoms. The molecule has 1 aromatic carbocycles. The second kappa shape index (κ2) is 6.54. The molecule has 2 aromatic heterocycles. The summed E-state index contributed by atoms with van der Waals surface area (Å²) in [7, 11) is -3.90. The molecule has 136 valence electrons. The van der Waals surface area contributed by atoms with E-state index in [4.69, 9.17) is 5.14 Å². The number of hydrogen-bond acceptors (Lipinski definition) is 4. The van der Waals surface area contributed by atoms with E-state index in [1.54, 1.807) is 18.2 Å². The normalized spacial score (nSPS) is 12.3. The number of alkyl halides is 3. The molecule has 10 heteroatoms. The number of halogens is 3. The SMILES string of the molecule is NS(=O)(=O)c1ccc(-c2nc(C(F)(F)F)cn2Cc2ccccn2)cc1. The van der Waals surface area contributed by atoms with Gasteiger partial charge in [0.05, 0.1) is 17.1 Å². The molecule has 0 aliphatic heterocycles. The van der Waals surface area contributed by atoms with E-state index in [-0.39, 0.29) is 17.3 Å². The maximum Gasteiger partial charge on any atom is 0.434 e. The molecule has 0 radical (unpaired) electrons. The van der Waals surface area contributed by atoms with E-state index in [0.29, 0.717) is 11.3 Å². The molecule has 0 bridgehead atoms. The Bertz CT molecular complexity index is 1010.